The van der Waals surface area contributed by atoms with Gasteiger partial charge in [0.1, 0.15) is 0 Å². The Morgan fingerprint density at radius 3 is 1.77 bits per heavy atom. The van der Waals surface area contributed by atoms with Crippen molar-refractivity contribution < 1.29 is 16.8 Å². The highest BCUT2D eigenvalue weighted by atomic mass is 35.5. The van der Waals surface area contributed by atoms with E-state index in [2.05, 4.69) is 4.72 Å². The summed E-state index contributed by atoms with van der Waals surface area (Å²) in [5.74, 6) is 0. The first-order valence-corrected chi connectivity index (χ1v) is 9.48. The van der Waals surface area contributed by atoms with Gasteiger partial charge in [0.15, 0.2) is 0 Å². The second kappa shape index (κ2) is 6.05. The molecule has 0 saturated heterocycles. The molecule has 0 aliphatic carbocycles. The molecular weight excluding hydrogens is 371 g/mol. The zero-order valence-corrected chi connectivity index (χ0v) is 14.0. The molecule has 0 heterocycles. The molecule has 0 unspecified atom stereocenters. The van der Waals surface area contributed by atoms with E-state index in [1.165, 1.54) is 42.5 Å². The Kier molecular flexibility index (Phi) is 4.69. The van der Waals surface area contributed by atoms with Gasteiger partial charge in [-0.2, -0.15) is 0 Å². The van der Waals surface area contributed by atoms with E-state index in [0.717, 1.165) is 0 Å². The molecule has 0 saturated carbocycles. The number of hydrogen-bond donors (Lipinski definition) is 2. The molecule has 2 aromatic rings. The van der Waals surface area contributed by atoms with Crippen LogP contribution in [0.15, 0.2) is 52.3 Å². The summed E-state index contributed by atoms with van der Waals surface area (Å²) < 4.78 is 49.0. The molecule has 0 radical (unpaired) electrons. The zero-order valence-electron chi connectivity index (χ0n) is 10.8. The highest BCUT2D eigenvalue weighted by molar-refractivity contribution is 7.92. The number of nitrogens with one attached hydrogen (secondary N) is 1. The molecule has 0 atom stereocenters. The zero-order chi connectivity index (χ0) is 16.5. The van der Waals surface area contributed by atoms with Crippen LogP contribution in [0.3, 0.4) is 0 Å². The van der Waals surface area contributed by atoms with E-state index in [-0.39, 0.29) is 25.5 Å². The maximum Gasteiger partial charge on any atom is 0.261 e. The van der Waals surface area contributed by atoms with Crippen LogP contribution in [0.4, 0.5) is 5.69 Å². The van der Waals surface area contributed by atoms with Crippen molar-refractivity contribution in [3.8, 4) is 0 Å². The van der Waals surface area contributed by atoms with Crippen molar-refractivity contribution in [1.82, 2.24) is 0 Å². The number of sulfonamides is 2. The molecule has 2 aromatic carbocycles. The summed E-state index contributed by atoms with van der Waals surface area (Å²) in [6.07, 6.45) is 0. The van der Waals surface area contributed by atoms with Crippen molar-refractivity contribution in [1.29, 1.82) is 0 Å². The molecule has 22 heavy (non-hydrogen) atoms. The molecule has 118 valence electrons. The van der Waals surface area contributed by atoms with Crippen LogP contribution in [0, 0.1) is 0 Å². The lowest BCUT2D eigenvalue weighted by Gasteiger charge is -2.09. The second-order valence-electron chi connectivity index (χ2n) is 4.28. The Balaban J connectivity index is 2.33. The van der Waals surface area contributed by atoms with Crippen molar-refractivity contribution >= 4 is 48.9 Å². The quantitative estimate of drug-likeness (QED) is 0.848. The minimum absolute atomic E-state index is 0.111. The molecule has 0 bridgehead atoms. The maximum atomic E-state index is 12.2. The van der Waals surface area contributed by atoms with Crippen LogP contribution >= 0.6 is 23.2 Å². The van der Waals surface area contributed by atoms with Crippen molar-refractivity contribution in [2.45, 2.75) is 9.79 Å². The SMILES string of the molecule is NS(=O)(=O)c1ccc(NS(=O)(=O)c2cc(Cl)cc(Cl)c2)cc1. The van der Waals surface area contributed by atoms with E-state index in [9.17, 15) is 16.8 Å². The van der Waals surface area contributed by atoms with Gasteiger partial charge in [-0.25, -0.2) is 22.0 Å². The lowest BCUT2D eigenvalue weighted by molar-refractivity contribution is 0.597. The molecule has 10 heteroatoms. The van der Waals surface area contributed by atoms with Gasteiger partial charge in [0.2, 0.25) is 10.0 Å². The van der Waals surface area contributed by atoms with Gasteiger partial charge in [-0.15, -0.1) is 0 Å². The van der Waals surface area contributed by atoms with Gasteiger partial charge in [0.05, 0.1) is 9.79 Å². The van der Waals surface area contributed by atoms with Crippen LogP contribution in [0.25, 0.3) is 0 Å². The van der Waals surface area contributed by atoms with Crippen LogP contribution in [-0.2, 0) is 20.0 Å². The summed E-state index contributed by atoms with van der Waals surface area (Å²) in [4.78, 5) is -0.234. The summed E-state index contributed by atoms with van der Waals surface area (Å²) >= 11 is 11.5. The molecule has 0 aliphatic rings. The minimum Gasteiger partial charge on any atom is -0.280 e. The number of benzene rings is 2. The molecule has 0 spiro atoms. The summed E-state index contributed by atoms with van der Waals surface area (Å²) in [5, 5.41) is 5.32. The lowest BCUT2D eigenvalue weighted by Crippen LogP contribution is -2.14. The Hall–Kier alpha value is -1.32. The van der Waals surface area contributed by atoms with Crippen molar-refractivity contribution in [3.63, 3.8) is 0 Å². The average Bonchev–Trinajstić information content (AvgIpc) is 2.36. The number of primary sulfonamides is 1. The van der Waals surface area contributed by atoms with Crippen LogP contribution in [0.1, 0.15) is 0 Å². The highest BCUT2D eigenvalue weighted by Crippen LogP contribution is 2.24. The fourth-order valence-corrected chi connectivity index (χ4v) is 3.91. The predicted molar refractivity (Wildman–Crippen MR) is 85.1 cm³/mol. The van der Waals surface area contributed by atoms with E-state index < -0.39 is 20.0 Å². The van der Waals surface area contributed by atoms with Crippen LogP contribution in [0.2, 0.25) is 10.0 Å². The predicted octanol–water partition coefficient (Wildman–Crippen LogP) is 2.44. The van der Waals surface area contributed by atoms with Crippen LogP contribution in [0.5, 0.6) is 0 Å². The van der Waals surface area contributed by atoms with Gasteiger partial charge in [-0.3, -0.25) is 4.72 Å². The normalized spacial score (nSPS) is 12.1. The number of rotatable bonds is 4. The van der Waals surface area contributed by atoms with Crippen molar-refractivity contribution in [3.05, 3.63) is 52.5 Å². The van der Waals surface area contributed by atoms with Gasteiger partial charge >= 0.3 is 0 Å². The van der Waals surface area contributed by atoms with E-state index in [1.54, 1.807) is 0 Å². The summed E-state index contributed by atoms with van der Waals surface area (Å²) in [5.41, 5.74) is 0.170. The third kappa shape index (κ3) is 4.11. The summed E-state index contributed by atoms with van der Waals surface area (Å²) in [6, 6.07) is 8.84. The molecular formula is C12H10Cl2N2O4S2. The highest BCUT2D eigenvalue weighted by Gasteiger charge is 2.16. The fourth-order valence-electron chi connectivity index (χ4n) is 1.61. The lowest BCUT2D eigenvalue weighted by atomic mass is 10.3. The fraction of sp³-hybridized carbons (Fsp3) is 0. The average molecular weight is 381 g/mol. The number of nitrogens with two attached hydrogens (primary N) is 1. The molecule has 2 rings (SSSR count). The molecule has 0 aliphatic heterocycles. The number of anilines is 1. The molecule has 6 nitrogen and oxygen atoms in total. The Morgan fingerprint density at radius 1 is 0.818 bits per heavy atom. The van der Waals surface area contributed by atoms with Crippen LogP contribution in [-0.4, -0.2) is 16.8 Å². The van der Waals surface area contributed by atoms with Crippen molar-refractivity contribution in [2.24, 2.45) is 5.14 Å². The summed E-state index contributed by atoms with van der Waals surface area (Å²) in [6.45, 7) is 0. The minimum atomic E-state index is -3.91. The van der Waals surface area contributed by atoms with Gasteiger partial charge < -0.3 is 0 Å². The molecule has 0 fully saturated rings. The molecule has 0 aromatic heterocycles. The Morgan fingerprint density at radius 2 is 1.32 bits per heavy atom. The first-order chi connectivity index (χ1) is 10.1. The van der Waals surface area contributed by atoms with Gasteiger partial charge in [0, 0.05) is 15.7 Å². The first-order valence-electron chi connectivity index (χ1n) is 5.70. The van der Waals surface area contributed by atoms with Crippen molar-refractivity contribution in [2.75, 3.05) is 4.72 Å². The second-order valence-corrected chi connectivity index (χ2v) is 8.40. The van der Waals surface area contributed by atoms with E-state index >= 15 is 0 Å². The number of hydrogen-bond acceptors (Lipinski definition) is 4. The third-order valence-corrected chi connectivity index (χ3v) is 5.31. The van der Waals surface area contributed by atoms with Gasteiger partial charge in [-0.1, -0.05) is 23.2 Å². The standard InChI is InChI=1S/C12H10Cl2N2O4S2/c13-8-5-9(14)7-12(6-8)22(19,20)16-10-1-3-11(4-2-10)21(15,17)18/h1-7,16H,(H2,15,17,18). The number of halogens is 2. The van der Waals surface area contributed by atoms with Gasteiger partial charge in [-0.05, 0) is 42.5 Å². The topological polar surface area (TPSA) is 106 Å². The summed E-state index contributed by atoms with van der Waals surface area (Å²) in [7, 11) is -7.75. The van der Waals surface area contributed by atoms with Crippen LogP contribution < -0.4 is 9.86 Å². The monoisotopic (exact) mass is 380 g/mol. The Bertz CT molecular complexity index is 890. The molecule has 0 amide bonds. The van der Waals surface area contributed by atoms with E-state index in [1.807, 2.05) is 0 Å². The van der Waals surface area contributed by atoms with Gasteiger partial charge in [0.25, 0.3) is 10.0 Å². The molecule has 3 N–H and O–H groups in total. The smallest absolute Gasteiger partial charge is 0.261 e. The Labute approximate surface area is 138 Å². The van der Waals surface area contributed by atoms with E-state index in [4.69, 9.17) is 28.3 Å². The van der Waals surface area contributed by atoms with E-state index in [0.29, 0.717) is 0 Å². The first kappa shape index (κ1) is 17.0. The third-order valence-electron chi connectivity index (χ3n) is 2.58. The largest absolute Gasteiger partial charge is 0.280 e. The maximum absolute atomic E-state index is 12.2.